The zero-order valence-electron chi connectivity index (χ0n) is 12.8. The maximum atomic E-state index is 11.8. The molecule has 0 aliphatic rings. The quantitative estimate of drug-likeness (QED) is 0.822. The number of hydrogen-bond acceptors (Lipinski definition) is 2. The first-order valence-corrected chi connectivity index (χ1v) is 7.59. The Labute approximate surface area is 125 Å². The molecule has 21 heavy (non-hydrogen) atoms. The van der Waals surface area contributed by atoms with Crippen molar-refractivity contribution in [2.45, 2.75) is 38.7 Å². The predicted octanol–water partition coefficient (Wildman–Crippen LogP) is 2.39. The van der Waals surface area contributed by atoms with Crippen molar-refractivity contribution in [1.82, 2.24) is 9.88 Å². The van der Waals surface area contributed by atoms with Crippen LogP contribution in [0.25, 0.3) is 10.9 Å². The Bertz CT molecular complexity index is 604. The molecule has 4 heteroatoms. The molecule has 1 amide bonds. The van der Waals surface area contributed by atoms with E-state index in [1.807, 2.05) is 26.1 Å². The summed E-state index contributed by atoms with van der Waals surface area (Å²) in [6.45, 7) is 2.37. The maximum absolute atomic E-state index is 11.8. The van der Waals surface area contributed by atoms with Crippen LogP contribution in [0.2, 0.25) is 0 Å². The average molecular weight is 288 g/mol. The molecule has 0 fully saturated rings. The van der Waals surface area contributed by atoms with Gasteiger partial charge in [-0.2, -0.15) is 0 Å². The number of nitrogens with zero attached hydrogens (tertiary/aromatic N) is 1. The van der Waals surface area contributed by atoms with E-state index >= 15 is 0 Å². The molecule has 4 nitrogen and oxygen atoms in total. The summed E-state index contributed by atoms with van der Waals surface area (Å²) in [4.78, 5) is 11.8. The molecule has 2 rings (SSSR count). The fourth-order valence-corrected chi connectivity index (χ4v) is 2.63. The minimum atomic E-state index is -0.434. The Morgan fingerprint density at radius 2 is 2.14 bits per heavy atom. The fourth-order valence-electron chi connectivity index (χ4n) is 2.63. The van der Waals surface area contributed by atoms with E-state index in [2.05, 4.69) is 28.2 Å². The fraction of sp³-hybridized carbons (Fsp3) is 0.471. The lowest BCUT2D eigenvalue weighted by molar-refractivity contribution is -0.121. The zero-order chi connectivity index (χ0) is 15.2. The van der Waals surface area contributed by atoms with E-state index < -0.39 is 6.10 Å². The Hall–Kier alpha value is -1.81. The van der Waals surface area contributed by atoms with E-state index in [9.17, 15) is 9.90 Å². The number of amides is 1. The van der Waals surface area contributed by atoms with E-state index in [-0.39, 0.29) is 5.91 Å². The normalized spacial score (nSPS) is 12.5. The average Bonchev–Trinajstić information content (AvgIpc) is 2.80. The van der Waals surface area contributed by atoms with Gasteiger partial charge in [0.25, 0.3) is 0 Å². The summed E-state index contributed by atoms with van der Waals surface area (Å²) in [6, 6.07) is 8.22. The minimum Gasteiger partial charge on any atom is -0.391 e. The number of hydrogen-bond donors (Lipinski definition) is 2. The molecule has 0 saturated carbocycles. The highest BCUT2D eigenvalue weighted by Gasteiger charge is 2.09. The molecule has 1 unspecified atom stereocenters. The van der Waals surface area contributed by atoms with Crippen molar-refractivity contribution in [2.75, 3.05) is 6.54 Å². The summed E-state index contributed by atoms with van der Waals surface area (Å²) in [7, 11) is 2.02. The van der Waals surface area contributed by atoms with Gasteiger partial charge in [0.15, 0.2) is 0 Å². The number of nitrogens with one attached hydrogen (secondary N) is 1. The number of carbonyl (C=O) groups is 1. The molecule has 2 N–H and O–H groups in total. The van der Waals surface area contributed by atoms with Crippen LogP contribution in [0.4, 0.5) is 0 Å². The van der Waals surface area contributed by atoms with Crippen molar-refractivity contribution in [1.29, 1.82) is 0 Å². The highest BCUT2D eigenvalue weighted by atomic mass is 16.3. The van der Waals surface area contributed by atoms with Gasteiger partial charge in [0.1, 0.15) is 0 Å². The van der Waals surface area contributed by atoms with Crippen molar-refractivity contribution >= 4 is 16.8 Å². The second-order valence-electron chi connectivity index (χ2n) is 5.53. The van der Waals surface area contributed by atoms with Crippen molar-refractivity contribution in [2.24, 2.45) is 7.05 Å². The van der Waals surface area contributed by atoms with Gasteiger partial charge in [-0.05, 0) is 24.5 Å². The molecular formula is C17H24N2O2. The van der Waals surface area contributed by atoms with Crippen LogP contribution in [0.15, 0.2) is 30.5 Å². The molecule has 1 heterocycles. The number of aromatic nitrogens is 1. The van der Waals surface area contributed by atoms with Crippen LogP contribution in [0.1, 0.15) is 31.7 Å². The second kappa shape index (κ2) is 7.27. The molecular weight excluding hydrogens is 264 g/mol. The van der Waals surface area contributed by atoms with Gasteiger partial charge in [-0.1, -0.05) is 31.5 Å². The number of aliphatic hydroxyl groups excluding tert-OH is 1. The van der Waals surface area contributed by atoms with E-state index in [4.69, 9.17) is 0 Å². The largest absolute Gasteiger partial charge is 0.391 e. The van der Waals surface area contributed by atoms with Crippen molar-refractivity contribution in [3.8, 4) is 0 Å². The molecule has 2 aromatic rings. The summed E-state index contributed by atoms with van der Waals surface area (Å²) in [6.07, 6.45) is 4.47. The monoisotopic (exact) mass is 288 g/mol. The number of carbonyl (C=O) groups excluding carboxylic acids is 1. The summed E-state index contributed by atoms with van der Waals surface area (Å²) >= 11 is 0. The molecule has 1 atom stereocenters. The van der Waals surface area contributed by atoms with E-state index in [0.717, 1.165) is 19.3 Å². The van der Waals surface area contributed by atoms with Gasteiger partial charge in [-0.3, -0.25) is 4.79 Å². The van der Waals surface area contributed by atoms with E-state index in [1.165, 1.54) is 16.5 Å². The summed E-state index contributed by atoms with van der Waals surface area (Å²) in [5.74, 6) is -0.00177. The summed E-state index contributed by atoms with van der Waals surface area (Å²) in [5, 5.41) is 13.6. The molecule has 0 spiro atoms. The number of para-hydroxylation sites is 1. The third-order valence-corrected chi connectivity index (χ3v) is 3.76. The van der Waals surface area contributed by atoms with Gasteiger partial charge >= 0.3 is 0 Å². The van der Waals surface area contributed by atoms with Gasteiger partial charge in [0.05, 0.1) is 6.10 Å². The molecule has 0 saturated heterocycles. The zero-order valence-corrected chi connectivity index (χ0v) is 12.8. The first-order chi connectivity index (χ1) is 10.1. The molecule has 0 aliphatic heterocycles. The van der Waals surface area contributed by atoms with Gasteiger partial charge in [-0.15, -0.1) is 0 Å². The van der Waals surface area contributed by atoms with Crippen molar-refractivity contribution in [3.63, 3.8) is 0 Å². The third kappa shape index (κ3) is 4.08. The Morgan fingerprint density at radius 1 is 1.38 bits per heavy atom. The molecule has 114 valence electrons. The van der Waals surface area contributed by atoms with Gasteiger partial charge in [0, 0.05) is 37.1 Å². The topological polar surface area (TPSA) is 54.3 Å². The smallest absolute Gasteiger partial charge is 0.220 e. The third-order valence-electron chi connectivity index (χ3n) is 3.76. The maximum Gasteiger partial charge on any atom is 0.220 e. The van der Waals surface area contributed by atoms with E-state index in [0.29, 0.717) is 13.0 Å². The number of fused-ring (bicyclic) bond motifs is 1. The molecule has 0 radical (unpaired) electrons. The lowest BCUT2D eigenvalue weighted by Crippen LogP contribution is -2.32. The minimum absolute atomic E-state index is 0.00177. The number of rotatable bonds is 7. The van der Waals surface area contributed by atoms with Gasteiger partial charge in [0.2, 0.25) is 5.91 Å². The highest BCUT2D eigenvalue weighted by Crippen LogP contribution is 2.21. The number of aryl methyl sites for hydroxylation is 2. The summed E-state index contributed by atoms with van der Waals surface area (Å²) in [5.41, 5.74) is 2.38. The van der Waals surface area contributed by atoms with Gasteiger partial charge in [-0.25, -0.2) is 0 Å². The van der Waals surface area contributed by atoms with Crippen LogP contribution in [0.5, 0.6) is 0 Å². The van der Waals surface area contributed by atoms with Crippen LogP contribution in [-0.4, -0.2) is 28.2 Å². The lowest BCUT2D eigenvalue weighted by Gasteiger charge is -2.10. The Morgan fingerprint density at radius 3 is 2.90 bits per heavy atom. The lowest BCUT2D eigenvalue weighted by atomic mass is 10.1. The first-order valence-electron chi connectivity index (χ1n) is 7.59. The highest BCUT2D eigenvalue weighted by molar-refractivity contribution is 5.84. The van der Waals surface area contributed by atoms with Crippen molar-refractivity contribution < 1.29 is 9.90 Å². The van der Waals surface area contributed by atoms with Gasteiger partial charge < -0.3 is 15.0 Å². The molecule has 1 aromatic carbocycles. The van der Waals surface area contributed by atoms with Crippen LogP contribution in [-0.2, 0) is 18.3 Å². The van der Waals surface area contributed by atoms with E-state index in [1.54, 1.807) is 0 Å². The predicted molar refractivity (Wildman–Crippen MR) is 85.2 cm³/mol. The Balaban J connectivity index is 1.88. The molecule has 1 aromatic heterocycles. The van der Waals surface area contributed by atoms with Crippen LogP contribution in [0, 0.1) is 0 Å². The Kier molecular flexibility index (Phi) is 5.39. The number of benzene rings is 1. The van der Waals surface area contributed by atoms with Crippen LogP contribution >= 0.6 is 0 Å². The number of aliphatic hydroxyl groups is 1. The summed E-state index contributed by atoms with van der Waals surface area (Å²) < 4.78 is 2.09. The SMILES string of the molecule is CCCC(O)CNC(=O)CCc1cn(C)c2ccccc12. The van der Waals surface area contributed by atoms with Crippen LogP contribution in [0.3, 0.4) is 0 Å². The standard InChI is InChI=1S/C17H24N2O2/c1-3-6-14(20)11-18-17(21)10-9-13-12-19(2)16-8-5-4-7-15(13)16/h4-5,7-8,12,14,20H,3,6,9-11H2,1-2H3,(H,18,21). The van der Waals surface area contributed by atoms with Crippen LogP contribution < -0.4 is 5.32 Å². The molecule has 0 aliphatic carbocycles. The molecule has 0 bridgehead atoms. The second-order valence-corrected chi connectivity index (χ2v) is 5.53. The van der Waals surface area contributed by atoms with Crippen molar-refractivity contribution in [3.05, 3.63) is 36.0 Å². The first kappa shape index (κ1) is 15.6.